The number of carbonyl (C=O) groups is 1. The van der Waals surface area contributed by atoms with Gasteiger partial charge in [-0.05, 0) is 35.2 Å². The molecule has 0 aliphatic rings. The highest BCUT2D eigenvalue weighted by atomic mass is 32.1. The normalized spacial score (nSPS) is 10.9. The van der Waals surface area contributed by atoms with Gasteiger partial charge in [-0.25, -0.2) is 13.6 Å². The number of carboxylic acid groups (broad SMARTS) is 1. The molecule has 104 valence electrons. The van der Waals surface area contributed by atoms with Crippen molar-refractivity contribution in [2.45, 2.75) is 6.61 Å². The summed E-state index contributed by atoms with van der Waals surface area (Å²) in [6.07, 6.45) is 2.45. The Kier molecular flexibility index (Phi) is 4.47. The van der Waals surface area contributed by atoms with E-state index < -0.39 is 23.4 Å². The molecule has 2 aromatic rings. The average molecular weight is 296 g/mol. The number of benzene rings is 1. The highest BCUT2D eigenvalue weighted by Crippen LogP contribution is 2.24. The molecule has 20 heavy (non-hydrogen) atoms. The Hall–Kier alpha value is -2.21. The van der Waals surface area contributed by atoms with Crippen molar-refractivity contribution in [2.75, 3.05) is 0 Å². The van der Waals surface area contributed by atoms with Gasteiger partial charge in [-0.1, -0.05) is 6.07 Å². The Bertz CT molecular complexity index is 629. The van der Waals surface area contributed by atoms with Crippen molar-refractivity contribution in [3.05, 3.63) is 57.8 Å². The number of aliphatic carboxylic acids is 1. The lowest BCUT2D eigenvalue weighted by Gasteiger charge is -2.06. The van der Waals surface area contributed by atoms with Crippen LogP contribution in [0.25, 0.3) is 6.08 Å². The zero-order chi connectivity index (χ0) is 14.5. The third kappa shape index (κ3) is 3.64. The van der Waals surface area contributed by atoms with Crippen LogP contribution in [0, 0.1) is 11.6 Å². The Morgan fingerprint density at radius 3 is 2.70 bits per heavy atom. The Morgan fingerprint density at radius 1 is 1.35 bits per heavy atom. The third-order valence-electron chi connectivity index (χ3n) is 2.37. The molecule has 2 rings (SSSR count). The van der Waals surface area contributed by atoms with Gasteiger partial charge in [-0.3, -0.25) is 0 Å². The van der Waals surface area contributed by atoms with Gasteiger partial charge in [0.2, 0.25) is 0 Å². The van der Waals surface area contributed by atoms with Crippen molar-refractivity contribution in [3.63, 3.8) is 0 Å². The SMILES string of the molecule is O=C(O)/C=C/c1csc(COc2c(F)cccc2F)c1. The van der Waals surface area contributed by atoms with Crippen LogP contribution < -0.4 is 4.74 Å². The summed E-state index contributed by atoms with van der Waals surface area (Å²) in [5.74, 6) is -2.97. The van der Waals surface area contributed by atoms with Crippen LogP contribution in [0.3, 0.4) is 0 Å². The summed E-state index contributed by atoms with van der Waals surface area (Å²) in [4.78, 5) is 11.1. The first-order valence-electron chi connectivity index (χ1n) is 5.61. The number of rotatable bonds is 5. The number of ether oxygens (including phenoxy) is 1. The molecule has 0 aliphatic heterocycles. The minimum absolute atomic E-state index is 0.0173. The zero-order valence-corrected chi connectivity index (χ0v) is 11.0. The van der Waals surface area contributed by atoms with Crippen molar-refractivity contribution in [3.8, 4) is 5.75 Å². The second kappa shape index (κ2) is 6.29. The number of halogens is 2. The fraction of sp³-hybridized carbons (Fsp3) is 0.0714. The molecule has 0 atom stereocenters. The minimum Gasteiger partial charge on any atom is -0.482 e. The molecule has 0 unspecified atom stereocenters. The maximum absolute atomic E-state index is 13.3. The van der Waals surface area contributed by atoms with Crippen LogP contribution in [0.5, 0.6) is 5.75 Å². The van der Waals surface area contributed by atoms with E-state index in [0.717, 1.165) is 23.1 Å². The second-order valence-electron chi connectivity index (χ2n) is 3.86. The van der Waals surface area contributed by atoms with E-state index in [-0.39, 0.29) is 6.61 Å². The highest BCUT2D eigenvalue weighted by Gasteiger charge is 2.10. The fourth-order valence-corrected chi connectivity index (χ4v) is 2.26. The summed E-state index contributed by atoms with van der Waals surface area (Å²) in [7, 11) is 0. The van der Waals surface area contributed by atoms with Gasteiger partial charge in [0.1, 0.15) is 6.61 Å². The molecule has 0 radical (unpaired) electrons. The first-order chi connectivity index (χ1) is 9.56. The Labute approximate surface area is 117 Å². The Morgan fingerprint density at radius 2 is 2.05 bits per heavy atom. The van der Waals surface area contributed by atoms with Crippen molar-refractivity contribution >= 4 is 23.4 Å². The van der Waals surface area contributed by atoms with E-state index in [1.807, 2.05) is 0 Å². The lowest BCUT2D eigenvalue weighted by atomic mass is 10.3. The van der Waals surface area contributed by atoms with E-state index in [4.69, 9.17) is 9.84 Å². The lowest BCUT2D eigenvalue weighted by Crippen LogP contribution is -1.98. The van der Waals surface area contributed by atoms with Crippen LogP contribution in [-0.2, 0) is 11.4 Å². The van der Waals surface area contributed by atoms with Gasteiger partial charge in [0.15, 0.2) is 17.4 Å². The molecule has 0 aliphatic carbocycles. The molecule has 1 aromatic carbocycles. The molecule has 1 heterocycles. The van der Waals surface area contributed by atoms with E-state index in [2.05, 4.69) is 0 Å². The first kappa shape index (κ1) is 14.2. The minimum atomic E-state index is -1.04. The Balaban J connectivity index is 2.03. The molecule has 0 amide bonds. The molecular weight excluding hydrogens is 286 g/mol. The summed E-state index contributed by atoms with van der Waals surface area (Å²) in [5, 5.41) is 10.2. The molecule has 6 heteroatoms. The van der Waals surface area contributed by atoms with Gasteiger partial charge in [0.25, 0.3) is 0 Å². The number of hydrogen-bond donors (Lipinski definition) is 1. The van der Waals surface area contributed by atoms with Gasteiger partial charge in [0.05, 0.1) is 0 Å². The predicted octanol–water partition coefficient (Wildman–Crippen LogP) is 3.70. The quantitative estimate of drug-likeness (QED) is 0.856. The standard InChI is InChI=1S/C14H10F2O3S/c15-11-2-1-3-12(16)14(11)19-7-10-6-9(8-20-10)4-5-13(17)18/h1-6,8H,7H2,(H,17,18)/b5-4+. The summed E-state index contributed by atoms with van der Waals surface area (Å²) in [6.45, 7) is 0.0173. The molecule has 0 bridgehead atoms. The molecule has 0 saturated heterocycles. The van der Waals surface area contributed by atoms with Gasteiger partial charge >= 0.3 is 5.97 Å². The molecule has 0 saturated carbocycles. The molecule has 0 fully saturated rings. The van der Waals surface area contributed by atoms with Crippen LogP contribution in [0.1, 0.15) is 10.4 Å². The molecule has 1 aromatic heterocycles. The molecule has 1 N–H and O–H groups in total. The van der Waals surface area contributed by atoms with Crippen LogP contribution >= 0.6 is 11.3 Å². The van der Waals surface area contributed by atoms with E-state index >= 15 is 0 Å². The van der Waals surface area contributed by atoms with E-state index in [0.29, 0.717) is 5.56 Å². The molecule has 0 spiro atoms. The fourth-order valence-electron chi connectivity index (χ4n) is 1.49. The average Bonchev–Trinajstić information content (AvgIpc) is 2.84. The maximum atomic E-state index is 13.3. The summed E-state index contributed by atoms with van der Waals surface area (Å²) in [6, 6.07) is 5.20. The van der Waals surface area contributed by atoms with E-state index in [9.17, 15) is 13.6 Å². The van der Waals surface area contributed by atoms with Crippen molar-refractivity contribution in [1.82, 2.24) is 0 Å². The topological polar surface area (TPSA) is 46.5 Å². The van der Waals surface area contributed by atoms with Gasteiger partial charge < -0.3 is 9.84 Å². The monoisotopic (exact) mass is 296 g/mol. The van der Waals surface area contributed by atoms with Gasteiger partial charge in [0, 0.05) is 11.0 Å². The summed E-state index contributed by atoms with van der Waals surface area (Å²) < 4.78 is 31.8. The first-order valence-corrected chi connectivity index (χ1v) is 6.49. The second-order valence-corrected chi connectivity index (χ2v) is 4.85. The third-order valence-corrected chi connectivity index (χ3v) is 3.30. The van der Waals surface area contributed by atoms with E-state index in [1.165, 1.54) is 23.5 Å². The molecular formula is C14H10F2O3S. The summed E-state index contributed by atoms with van der Waals surface area (Å²) in [5.41, 5.74) is 0.699. The smallest absolute Gasteiger partial charge is 0.328 e. The number of thiophene rings is 1. The number of hydrogen-bond acceptors (Lipinski definition) is 3. The van der Waals surface area contributed by atoms with Crippen molar-refractivity contribution in [1.29, 1.82) is 0 Å². The predicted molar refractivity (Wildman–Crippen MR) is 71.7 cm³/mol. The van der Waals surface area contributed by atoms with Gasteiger partial charge in [-0.2, -0.15) is 0 Å². The van der Waals surface area contributed by atoms with Gasteiger partial charge in [-0.15, -0.1) is 11.3 Å². The van der Waals surface area contributed by atoms with Crippen LogP contribution in [0.2, 0.25) is 0 Å². The van der Waals surface area contributed by atoms with E-state index in [1.54, 1.807) is 11.4 Å². The summed E-state index contributed by atoms with van der Waals surface area (Å²) >= 11 is 1.32. The zero-order valence-electron chi connectivity index (χ0n) is 10.2. The lowest BCUT2D eigenvalue weighted by molar-refractivity contribution is -0.131. The van der Waals surface area contributed by atoms with Crippen molar-refractivity contribution in [2.24, 2.45) is 0 Å². The van der Waals surface area contributed by atoms with Crippen LogP contribution in [0.4, 0.5) is 8.78 Å². The largest absolute Gasteiger partial charge is 0.482 e. The highest BCUT2D eigenvalue weighted by molar-refractivity contribution is 7.10. The van der Waals surface area contributed by atoms with Crippen molar-refractivity contribution < 1.29 is 23.4 Å². The maximum Gasteiger partial charge on any atom is 0.328 e. The number of para-hydroxylation sites is 1. The molecule has 3 nitrogen and oxygen atoms in total. The number of carboxylic acids is 1. The van der Waals surface area contributed by atoms with Crippen LogP contribution in [-0.4, -0.2) is 11.1 Å². The van der Waals surface area contributed by atoms with Crippen LogP contribution in [0.15, 0.2) is 35.7 Å².